The first-order chi connectivity index (χ1) is 15.2. The molecule has 32 heavy (non-hydrogen) atoms. The number of halogens is 1. The third-order valence-corrected chi connectivity index (χ3v) is 9.47. The minimum atomic E-state index is -3.31. The summed E-state index contributed by atoms with van der Waals surface area (Å²) in [7, 11) is -3.31. The summed E-state index contributed by atoms with van der Waals surface area (Å²) in [5, 5.41) is 1.67. The van der Waals surface area contributed by atoms with Crippen LogP contribution in [-0.4, -0.2) is 19.7 Å². The molecule has 0 radical (unpaired) electrons. The van der Waals surface area contributed by atoms with Crippen molar-refractivity contribution in [3.05, 3.63) is 95.1 Å². The van der Waals surface area contributed by atoms with E-state index in [1.807, 2.05) is 60.7 Å². The monoisotopic (exact) mass is 481 g/mol. The van der Waals surface area contributed by atoms with E-state index in [0.29, 0.717) is 0 Å². The first kappa shape index (κ1) is 22.8. The van der Waals surface area contributed by atoms with Gasteiger partial charge in [0.05, 0.1) is 15.3 Å². The number of thioether (sulfide) groups is 1. The van der Waals surface area contributed by atoms with Gasteiger partial charge in [-0.05, 0) is 60.9 Å². The molecule has 0 saturated heterocycles. The van der Waals surface area contributed by atoms with Gasteiger partial charge in [0.2, 0.25) is 0 Å². The van der Waals surface area contributed by atoms with Crippen LogP contribution in [0.25, 0.3) is 22.0 Å². The van der Waals surface area contributed by atoms with Crippen molar-refractivity contribution in [3.63, 3.8) is 0 Å². The molecule has 1 aromatic heterocycles. The second-order valence-corrected chi connectivity index (χ2v) is 12.3. The summed E-state index contributed by atoms with van der Waals surface area (Å²) in [6, 6.07) is 23.9. The normalized spacial score (nSPS) is 12.2. The zero-order valence-corrected chi connectivity index (χ0v) is 20.6. The molecule has 164 valence electrons. The van der Waals surface area contributed by atoms with E-state index < -0.39 is 14.6 Å². The zero-order chi connectivity index (χ0) is 22.9. The highest BCUT2D eigenvalue weighted by atomic mass is 35.5. The molecule has 0 amide bonds. The van der Waals surface area contributed by atoms with E-state index in [1.54, 1.807) is 31.8 Å². The third-order valence-electron chi connectivity index (χ3n) is 5.80. The standard InChI is InChI=1S/C26H24ClNO2S2/c1-26(2,32(3,29)30)21-15-20-10-7-13-28-25(20)22(16-21)19-9-6-8-18(14-19)17-31-24-12-5-4-11-23(24)27/h4-16H,17H2,1-3H3. The first-order valence-corrected chi connectivity index (χ1v) is 13.5. The van der Waals surface area contributed by atoms with Crippen molar-refractivity contribution in [2.75, 3.05) is 6.26 Å². The molecule has 6 heteroatoms. The number of hydrogen-bond acceptors (Lipinski definition) is 4. The van der Waals surface area contributed by atoms with Gasteiger partial charge in [0.25, 0.3) is 0 Å². The van der Waals surface area contributed by atoms with Crippen molar-refractivity contribution in [2.45, 2.75) is 29.2 Å². The average molecular weight is 482 g/mol. The van der Waals surface area contributed by atoms with Crippen LogP contribution < -0.4 is 0 Å². The lowest BCUT2D eigenvalue weighted by molar-refractivity contribution is 0.561. The zero-order valence-electron chi connectivity index (χ0n) is 18.2. The van der Waals surface area contributed by atoms with Crippen molar-refractivity contribution in [2.24, 2.45) is 0 Å². The van der Waals surface area contributed by atoms with Crippen LogP contribution in [0.1, 0.15) is 25.0 Å². The Labute approximate surface area is 198 Å². The Morgan fingerprint density at radius 2 is 1.75 bits per heavy atom. The number of pyridine rings is 1. The summed E-state index contributed by atoms with van der Waals surface area (Å²) in [6.45, 7) is 3.50. The van der Waals surface area contributed by atoms with E-state index in [2.05, 4.69) is 17.1 Å². The number of fused-ring (bicyclic) bond motifs is 1. The maximum atomic E-state index is 12.5. The fraction of sp³-hybridized carbons (Fsp3) is 0.192. The van der Waals surface area contributed by atoms with Gasteiger partial charge in [-0.1, -0.05) is 54.1 Å². The lowest BCUT2D eigenvalue weighted by Crippen LogP contribution is -2.28. The van der Waals surface area contributed by atoms with Crippen molar-refractivity contribution < 1.29 is 8.42 Å². The van der Waals surface area contributed by atoms with Crippen molar-refractivity contribution in [1.29, 1.82) is 0 Å². The highest BCUT2D eigenvalue weighted by molar-refractivity contribution is 7.98. The van der Waals surface area contributed by atoms with Crippen LogP contribution in [0.2, 0.25) is 5.02 Å². The van der Waals surface area contributed by atoms with Crippen LogP contribution in [0.5, 0.6) is 0 Å². The minimum Gasteiger partial charge on any atom is -0.256 e. The molecule has 0 fully saturated rings. The Hall–Kier alpha value is -2.34. The van der Waals surface area contributed by atoms with Crippen LogP contribution in [0.3, 0.4) is 0 Å². The molecule has 0 saturated carbocycles. The summed E-state index contributed by atoms with van der Waals surface area (Å²) >= 11 is 7.99. The Balaban J connectivity index is 1.78. The molecular formula is C26H24ClNO2S2. The Morgan fingerprint density at radius 1 is 0.969 bits per heavy atom. The molecule has 0 aliphatic heterocycles. The molecule has 0 spiro atoms. The van der Waals surface area contributed by atoms with E-state index in [9.17, 15) is 8.42 Å². The molecule has 4 aromatic rings. The SMILES string of the molecule is CC(C)(c1cc(-c2cccc(CSc3ccccc3Cl)c2)c2ncccc2c1)S(C)(=O)=O. The summed E-state index contributed by atoms with van der Waals surface area (Å²) in [6.07, 6.45) is 3.05. The smallest absolute Gasteiger partial charge is 0.156 e. The van der Waals surface area contributed by atoms with Gasteiger partial charge in [-0.25, -0.2) is 8.42 Å². The van der Waals surface area contributed by atoms with Crippen LogP contribution >= 0.6 is 23.4 Å². The number of aromatic nitrogens is 1. The second kappa shape index (κ2) is 8.89. The Morgan fingerprint density at radius 3 is 2.50 bits per heavy atom. The van der Waals surface area contributed by atoms with Gasteiger partial charge in [0.1, 0.15) is 0 Å². The Bertz CT molecular complexity index is 1400. The average Bonchev–Trinajstić information content (AvgIpc) is 2.77. The van der Waals surface area contributed by atoms with Crippen LogP contribution in [-0.2, 0) is 20.3 Å². The minimum absolute atomic E-state index is 0.750. The molecule has 0 aliphatic carbocycles. The van der Waals surface area contributed by atoms with Gasteiger partial charge in [0.15, 0.2) is 9.84 Å². The van der Waals surface area contributed by atoms with Crippen molar-refractivity contribution >= 4 is 44.1 Å². The predicted molar refractivity (Wildman–Crippen MR) is 136 cm³/mol. The molecule has 0 N–H and O–H groups in total. The summed E-state index contributed by atoms with van der Waals surface area (Å²) in [5.41, 5.74) is 4.71. The fourth-order valence-electron chi connectivity index (χ4n) is 3.53. The van der Waals surface area contributed by atoms with Gasteiger partial charge in [-0.2, -0.15) is 0 Å². The lowest BCUT2D eigenvalue weighted by atomic mass is 9.93. The van der Waals surface area contributed by atoms with Crippen molar-refractivity contribution in [1.82, 2.24) is 4.98 Å². The predicted octanol–water partition coefficient (Wildman–Crippen LogP) is 7.13. The van der Waals surface area contributed by atoms with Crippen molar-refractivity contribution in [3.8, 4) is 11.1 Å². The highest BCUT2D eigenvalue weighted by Crippen LogP contribution is 2.37. The molecule has 1 heterocycles. The van der Waals surface area contributed by atoms with Crippen LogP contribution in [0, 0.1) is 0 Å². The van der Waals surface area contributed by atoms with Gasteiger partial charge < -0.3 is 0 Å². The fourth-order valence-corrected chi connectivity index (χ4v) is 5.25. The number of sulfone groups is 1. The number of nitrogens with zero attached hydrogens (tertiary/aromatic N) is 1. The molecule has 0 aliphatic rings. The molecule has 3 aromatic carbocycles. The topological polar surface area (TPSA) is 47.0 Å². The van der Waals surface area contributed by atoms with E-state index in [-0.39, 0.29) is 0 Å². The molecule has 0 atom stereocenters. The maximum Gasteiger partial charge on any atom is 0.156 e. The number of hydrogen-bond donors (Lipinski definition) is 0. The Kier molecular flexibility index (Phi) is 6.35. The summed E-state index contributed by atoms with van der Waals surface area (Å²) in [5.74, 6) is 0.775. The van der Waals surface area contributed by atoms with E-state index in [4.69, 9.17) is 11.6 Å². The summed E-state index contributed by atoms with van der Waals surface area (Å²) in [4.78, 5) is 5.65. The summed E-state index contributed by atoms with van der Waals surface area (Å²) < 4.78 is 24.0. The van der Waals surface area contributed by atoms with Gasteiger partial charge in [-0.3, -0.25) is 4.98 Å². The van der Waals surface area contributed by atoms with E-state index >= 15 is 0 Å². The van der Waals surface area contributed by atoms with Gasteiger partial charge in [-0.15, -0.1) is 11.8 Å². The molecule has 0 bridgehead atoms. The maximum absolute atomic E-state index is 12.5. The van der Waals surface area contributed by atoms with E-state index in [1.165, 1.54) is 6.26 Å². The highest BCUT2D eigenvalue weighted by Gasteiger charge is 2.33. The number of benzene rings is 3. The quantitative estimate of drug-likeness (QED) is 0.275. The third kappa shape index (κ3) is 4.56. The molecule has 0 unspecified atom stereocenters. The molecule has 4 rings (SSSR count). The largest absolute Gasteiger partial charge is 0.256 e. The second-order valence-electron chi connectivity index (χ2n) is 8.30. The van der Waals surface area contributed by atoms with E-state index in [0.717, 1.165) is 48.8 Å². The molecular weight excluding hydrogens is 458 g/mol. The van der Waals surface area contributed by atoms with Gasteiger partial charge in [0, 0.05) is 34.1 Å². The lowest BCUT2D eigenvalue weighted by Gasteiger charge is -2.24. The molecule has 3 nitrogen and oxygen atoms in total. The van der Waals surface area contributed by atoms with Gasteiger partial charge >= 0.3 is 0 Å². The van der Waals surface area contributed by atoms with Crippen LogP contribution in [0.15, 0.2) is 83.9 Å². The van der Waals surface area contributed by atoms with Crippen LogP contribution in [0.4, 0.5) is 0 Å². The number of rotatable bonds is 6. The first-order valence-electron chi connectivity index (χ1n) is 10.2.